The second kappa shape index (κ2) is 5.85. The zero-order valence-corrected chi connectivity index (χ0v) is 12.8. The lowest BCUT2D eigenvalue weighted by atomic mass is 10.1. The molecule has 1 unspecified atom stereocenters. The molecule has 0 amide bonds. The highest BCUT2D eigenvalue weighted by Crippen LogP contribution is 2.29. The Kier molecular flexibility index (Phi) is 4.41. The minimum absolute atomic E-state index is 0.267. The summed E-state index contributed by atoms with van der Waals surface area (Å²) < 4.78 is 0. The molecule has 0 bridgehead atoms. The second-order valence-electron chi connectivity index (χ2n) is 4.51. The molecule has 2 aromatic rings. The molecule has 0 fully saturated rings. The van der Waals surface area contributed by atoms with Gasteiger partial charge in [0.2, 0.25) is 0 Å². The van der Waals surface area contributed by atoms with Crippen LogP contribution in [-0.4, -0.2) is 4.98 Å². The molecular formula is C15H15BrClN. The summed E-state index contributed by atoms with van der Waals surface area (Å²) in [5, 5.41) is 0.812. The zero-order valence-electron chi connectivity index (χ0n) is 10.5. The highest BCUT2D eigenvalue weighted by Gasteiger charge is 2.10. The van der Waals surface area contributed by atoms with Gasteiger partial charge in [0.25, 0.3) is 0 Å². The number of rotatable bonds is 3. The van der Waals surface area contributed by atoms with Gasteiger partial charge < -0.3 is 0 Å². The molecule has 0 aliphatic carbocycles. The first-order valence-corrected chi connectivity index (χ1v) is 7.17. The van der Waals surface area contributed by atoms with Gasteiger partial charge in [0.05, 0.1) is 0 Å². The standard InChI is InChI=1S/C15H15BrClN/c1-10-3-5-13(18-9-10)8-14(16)12-4-6-15(17)11(2)7-12/h3-7,9,14H,8H2,1-2H3. The molecule has 0 saturated heterocycles. The molecule has 0 spiro atoms. The minimum Gasteiger partial charge on any atom is -0.261 e. The van der Waals surface area contributed by atoms with Crippen LogP contribution >= 0.6 is 27.5 Å². The molecule has 1 nitrogen and oxygen atoms in total. The fourth-order valence-electron chi connectivity index (χ4n) is 1.78. The molecule has 0 aliphatic rings. The Morgan fingerprint density at radius 1 is 1.22 bits per heavy atom. The summed E-state index contributed by atoms with van der Waals surface area (Å²) in [6.07, 6.45) is 2.78. The Morgan fingerprint density at radius 3 is 2.61 bits per heavy atom. The summed E-state index contributed by atoms with van der Waals surface area (Å²) in [6.45, 7) is 4.07. The maximum Gasteiger partial charge on any atom is 0.0450 e. The fraction of sp³-hybridized carbons (Fsp3) is 0.267. The van der Waals surface area contributed by atoms with Crippen LogP contribution in [0.3, 0.4) is 0 Å². The Bertz CT molecular complexity index is 537. The van der Waals surface area contributed by atoms with E-state index in [1.807, 2.05) is 26.1 Å². The van der Waals surface area contributed by atoms with Gasteiger partial charge in [-0.1, -0.05) is 45.7 Å². The van der Waals surface area contributed by atoms with Crippen molar-refractivity contribution < 1.29 is 0 Å². The van der Waals surface area contributed by atoms with Crippen molar-refractivity contribution in [1.29, 1.82) is 0 Å². The number of aryl methyl sites for hydroxylation is 2. The molecule has 18 heavy (non-hydrogen) atoms. The number of benzene rings is 1. The molecule has 3 heteroatoms. The first-order chi connectivity index (χ1) is 8.56. The Balaban J connectivity index is 2.13. The number of alkyl halides is 1. The summed E-state index contributed by atoms with van der Waals surface area (Å²) >= 11 is 9.75. The molecule has 0 radical (unpaired) electrons. The Labute approximate surface area is 121 Å². The third kappa shape index (κ3) is 3.33. The average molecular weight is 325 g/mol. The summed E-state index contributed by atoms with van der Waals surface area (Å²) in [7, 11) is 0. The van der Waals surface area contributed by atoms with Crippen LogP contribution in [0.25, 0.3) is 0 Å². The SMILES string of the molecule is Cc1ccc(CC(Br)c2ccc(Cl)c(C)c2)nc1. The third-order valence-corrected chi connectivity index (χ3v) is 4.18. The normalized spacial score (nSPS) is 12.4. The van der Waals surface area contributed by atoms with Crippen molar-refractivity contribution in [2.24, 2.45) is 0 Å². The van der Waals surface area contributed by atoms with Crippen molar-refractivity contribution in [3.63, 3.8) is 0 Å². The van der Waals surface area contributed by atoms with Crippen LogP contribution in [0.5, 0.6) is 0 Å². The van der Waals surface area contributed by atoms with Gasteiger partial charge in [0.15, 0.2) is 0 Å². The first kappa shape index (κ1) is 13.6. The fourth-order valence-corrected chi connectivity index (χ4v) is 2.52. The number of hydrogen-bond acceptors (Lipinski definition) is 1. The lowest BCUT2D eigenvalue weighted by Crippen LogP contribution is -1.98. The molecular weight excluding hydrogens is 310 g/mol. The topological polar surface area (TPSA) is 12.9 Å². The van der Waals surface area contributed by atoms with Gasteiger partial charge in [-0.25, -0.2) is 0 Å². The Hall–Kier alpha value is -0.860. The monoisotopic (exact) mass is 323 g/mol. The number of aromatic nitrogens is 1. The number of pyridine rings is 1. The van der Waals surface area contributed by atoms with Crippen LogP contribution < -0.4 is 0 Å². The van der Waals surface area contributed by atoms with Crippen LogP contribution in [0.1, 0.15) is 27.2 Å². The van der Waals surface area contributed by atoms with Crippen LogP contribution in [-0.2, 0) is 6.42 Å². The summed E-state index contributed by atoms with van der Waals surface area (Å²) in [4.78, 5) is 4.69. The van der Waals surface area contributed by atoms with Crippen molar-refractivity contribution in [2.75, 3.05) is 0 Å². The van der Waals surface area contributed by atoms with Gasteiger partial charge in [-0.2, -0.15) is 0 Å². The highest BCUT2D eigenvalue weighted by atomic mass is 79.9. The number of nitrogens with zero attached hydrogens (tertiary/aromatic N) is 1. The molecule has 0 saturated carbocycles. The number of halogens is 2. The van der Waals surface area contributed by atoms with E-state index in [1.54, 1.807) is 0 Å². The predicted octanol–water partition coefficient (Wildman–Crippen LogP) is 5.03. The smallest absolute Gasteiger partial charge is 0.0450 e. The van der Waals surface area contributed by atoms with Crippen LogP contribution in [0.15, 0.2) is 36.5 Å². The number of hydrogen-bond donors (Lipinski definition) is 0. The van der Waals surface area contributed by atoms with Crippen molar-refractivity contribution in [2.45, 2.75) is 25.1 Å². The Morgan fingerprint density at radius 2 is 2.00 bits per heavy atom. The molecule has 1 aromatic heterocycles. The summed E-state index contributed by atoms with van der Waals surface area (Å²) in [5.74, 6) is 0. The summed E-state index contributed by atoms with van der Waals surface area (Å²) in [5.41, 5.74) is 4.62. The van der Waals surface area contributed by atoms with Crippen LogP contribution in [0.4, 0.5) is 0 Å². The lowest BCUT2D eigenvalue weighted by molar-refractivity contribution is 0.901. The quantitative estimate of drug-likeness (QED) is 0.722. The largest absolute Gasteiger partial charge is 0.261 e. The van der Waals surface area contributed by atoms with Gasteiger partial charge in [-0.15, -0.1) is 0 Å². The maximum absolute atomic E-state index is 6.04. The van der Waals surface area contributed by atoms with Crippen molar-refractivity contribution in [1.82, 2.24) is 4.98 Å². The van der Waals surface area contributed by atoms with Gasteiger partial charge >= 0.3 is 0 Å². The molecule has 1 heterocycles. The van der Waals surface area contributed by atoms with Gasteiger partial charge in [-0.3, -0.25) is 4.98 Å². The van der Waals surface area contributed by atoms with E-state index < -0.39 is 0 Å². The second-order valence-corrected chi connectivity index (χ2v) is 6.02. The van der Waals surface area contributed by atoms with Gasteiger partial charge in [-0.05, 0) is 42.7 Å². The van der Waals surface area contributed by atoms with E-state index in [9.17, 15) is 0 Å². The molecule has 1 aromatic carbocycles. The molecule has 1 atom stereocenters. The molecule has 2 rings (SSSR count). The van der Waals surface area contributed by atoms with E-state index >= 15 is 0 Å². The van der Waals surface area contributed by atoms with E-state index in [0.717, 1.165) is 22.7 Å². The van der Waals surface area contributed by atoms with Crippen molar-refractivity contribution >= 4 is 27.5 Å². The van der Waals surface area contributed by atoms with E-state index in [-0.39, 0.29) is 4.83 Å². The highest BCUT2D eigenvalue weighted by molar-refractivity contribution is 9.09. The van der Waals surface area contributed by atoms with E-state index in [4.69, 9.17) is 11.6 Å². The van der Waals surface area contributed by atoms with Crippen LogP contribution in [0.2, 0.25) is 5.02 Å². The first-order valence-electron chi connectivity index (χ1n) is 5.88. The molecule has 0 N–H and O–H groups in total. The minimum atomic E-state index is 0.267. The average Bonchev–Trinajstić information content (AvgIpc) is 2.35. The molecule has 94 valence electrons. The van der Waals surface area contributed by atoms with Crippen molar-refractivity contribution in [3.8, 4) is 0 Å². The van der Waals surface area contributed by atoms with Crippen molar-refractivity contribution in [3.05, 3.63) is 63.9 Å². The summed E-state index contributed by atoms with van der Waals surface area (Å²) in [6, 6.07) is 10.3. The zero-order chi connectivity index (χ0) is 13.1. The third-order valence-electron chi connectivity index (χ3n) is 2.90. The molecule has 0 aliphatic heterocycles. The van der Waals surface area contributed by atoms with E-state index in [1.165, 1.54) is 11.1 Å². The van der Waals surface area contributed by atoms with E-state index in [0.29, 0.717) is 0 Å². The van der Waals surface area contributed by atoms with Gasteiger partial charge in [0, 0.05) is 28.2 Å². The van der Waals surface area contributed by atoms with E-state index in [2.05, 4.69) is 45.2 Å². The lowest BCUT2D eigenvalue weighted by Gasteiger charge is -2.11. The van der Waals surface area contributed by atoms with Crippen LogP contribution in [0, 0.1) is 13.8 Å². The maximum atomic E-state index is 6.04. The predicted molar refractivity (Wildman–Crippen MR) is 80.5 cm³/mol. The van der Waals surface area contributed by atoms with Gasteiger partial charge in [0.1, 0.15) is 0 Å².